The first kappa shape index (κ1) is 15.0. The van der Waals surface area contributed by atoms with Gasteiger partial charge in [0.25, 0.3) is 5.91 Å². The van der Waals surface area contributed by atoms with Gasteiger partial charge < -0.3 is 9.73 Å². The van der Waals surface area contributed by atoms with Gasteiger partial charge in [-0.3, -0.25) is 9.48 Å². The van der Waals surface area contributed by atoms with Crippen LogP contribution in [0.3, 0.4) is 0 Å². The first-order valence-electron chi connectivity index (χ1n) is 7.29. The van der Waals surface area contributed by atoms with E-state index in [1.54, 1.807) is 35.1 Å². The largest absolute Gasteiger partial charge is 0.422 e. The molecule has 2 aromatic heterocycles. The number of hydrogen-bond acceptors (Lipinski definition) is 4. The third kappa shape index (κ3) is 2.75. The predicted octanol–water partition coefficient (Wildman–Crippen LogP) is 2.33. The molecular formula is C17H17N3O3. The number of aryl methyl sites for hydroxylation is 1. The van der Waals surface area contributed by atoms with Crippen LogP contribution < -0.4 is 10.9 Å². The standard InChI is InChI=1S/C17H17N3O3/c1-10(14-9-18-20(3)11(14)2)19-16(21)13-8-12-6-4-5-7-15(12)23-17(13)22/h4-10H,1-3H3,(H,19,21)/t10-/m0/s1. The third-order valence-corrected chi connectivity index (χ3v) is 3.97. The average molecular weight is 311 g/mol. The van der Waals surface area contributed by atoms with Gasteiger partial charge in [-0.15, -0.1) is 0 Å². The molecule has 0 saturated carbocycles. The number of nitrogens with one attached hydrogen (secondary N) is 1. The Hall–Kier alpha value is -2.89. The van der Waals surface area contributed by atoms with Crippen LogP contribution in [0, 0.1) is 6.92 Å². The molecule has 0 saturated heterocycles. The summed E-state index contributed by atoms with van der Waals surface area (Å²) in [4.78, 5) is 24.4. The zero-order chi connectivity index (χ0) is 16.6. The Bertz CT molecular complexity index is 940. The van der Waals surface area contributed by atoms with Crippen LogP contribution in [0.25, 0.3) is 11.0 Å². The Balaban J connectivity index is 1.90. The molecule has 0 bridgehead atoms. The van der Waals surface area contributed by atoms with Crippen molar-refractivity contribution in [2.24, 2.45) is 7.05 Å². The molecule has 6 nitrogen and oxygen atoms in total. The molecule has 0 fully saturated rings. The molecule has 3 aromatic rings. The van der Waals surface area contributed by atoms with Crippen molar-refractivity contribution in [3.63, 3.8) is 0 Å². The topological polar surface area (TPSA) is 77.1 Å². The number of nitrogens with zero attached hydrogens (tertiary/aromatic N) is 2. The highest BCUT2D eigenvalue weighted by Crippen LogP contribution is 2.17. The van der Waals surface area contributed by atoms with E-state index < -0.39 is 11.5 Å². The molecule has 0 unspecified atom stereocenters. The van der Waals surface area contributed by atoms with Crippen LogP contribution in [-0.4, -0.2) is 15.7 Å². The second kappa shape index (κ2) is 5.72. The van der Waals surface area contributed by atoms with E-state index >= 15 is 0 Å². The van der Waals surface area contributed by atoms with Crippen LogP contribution in [0.15, 0.2) is 45.7 Å². The number of hydrogen-bond donors (Lipinski definition) is 1. The van der Waals surface area contributed by atoms with E-state index in [1.807, 2.05) is 27.0 Å². The van der Waals surface area contributed by atoms with Crippen LogP contribution in [0.2, 0.25) is 0 Å². The molecule has 0 aliphatic rings. The van der Waals surface area contributed by atoms with Gasteiger partial charge in [-0.25, -0.2) is 4.79 Å². The summed E-state index contributed by atoms with van der Waals surface area (Å²) in [7, 11) is 1.84. The molecule has 1 N–H and O–H groups in total. The van der Waals surface area contributed by atoms with Crippen LogP contribution in [0.5, 0.6) is 0 Å². The number of para-hydroxylation sites is 1. The average Bonchev–Trinajstić information content (AvgIpc) is 2.86. The van der Waals surface area contributed by atoms with Gasteiger partial charge in [-0.2, -0.15) is 5.10 Å². The second-order valence-electron chi connectivity index (χ2n) is 5.49. The lowest BCUT2D eigenvalue weighted by Gasteiger charge is -2.13. The zero-order valence-corrected chi connectivity index (χ0v) is 13.2. The van der Waals surface area contributed by atoms with Crippen LogP contribution in [-0.2, 0) is 7.05 Å². The van der Waals surface area contributed by atoms with Gasteiger partial charge in [0.15, 0.2) is 0 Å². The van der Waals surface area contributed by atoms with E-state index in [0.717, 1.165) is 11.3 Å². The monoisotopic (exact) mass is 311 g/mol. The molecule has 118 valence electrons. The summed E-state index contributed by atoms with van der Waals surface area (Å²) in [5.41, 5.74) is 1.69. The smallest absolute Gasteiger partial charge is 0.349 e. The van der Waals surface area contributed by atoms with E-state index in [-0.39, 0.29) is 11.6 Å². The number of carbonyl (C=O) groups is 1. The number of rotatable bonds is 3. The molecule has 0 radical (unpaired) electrons. The molecule has 0 spiro atoms. The van der Waals surface area contributed by atoms with E-state index in [2.05, 4.69) is 10.4 Å². The second-order valence-corrected chi connectivity index (χ2v) is 5.49. The minimum atomic E-state index is -0.642. The van der Waals surface area contributed by atoms with Gasteiger partial charge in [-0.1, -0.05) is 18.2 Å². The summed E-state index contributed by atoms with van der Waals surface area (Å²) in [5, 5.41) is 7.69. The summed E-state index contributed by atoms with van der Waals surface area (Å²) in [6.07, 6.45) is 1.71. The van der Waals surface area contributed by atoms with Crippen molar-refractivity contribution in [3.05, 3.63) is 63.8 Å². The first-order valence-corrected chi connectivity index (χ1v) is 7.29. The molecule has 0 aliphatic heterocycles. The normalized spacial score (nSPS) is 12.3. The lowest BCUT2D eigenvalue weighted by Crippen LogP contribution is -2.30. The molecular weight excluding hydrogens is 294 g/mol. The summed E-state index contributed by atoms with van der Waals surface area (Å²) < 4.78 is 6.93. The maximum absolute atomic E-state index is 12.4. The maximum atomic E-state index is 12.4. The van der Waals surface area contributed by atoms with E-state index in [0.29, 0.717) is 11.0 Å². The summed E-state index contributed by atoms with van der Waals surface area (Å²) in [5.74, 6) is -0.458. The van der Waals surface area contributed by atoms with Gasteiger partial charge in [0.2, 0.25) is 0 Å². The Kier molecular flexibility index (Phi) is 3.73. The summed E-state index contributed by atoms with van der Waals surface area (Å²) in [6.45, 7) is 3.78. The number of amides is 1. The molecule has 1 atom stereocenters. The SMILES string of the molecule is Cc1c([C@H](C)NC(=O)c2cc3ccccc3oc2=O)cnn1C. The number of benzene rings is 1. The van der Waals surface area contributed by atoms with Gasteiger partial charge in [0.05, 0.1) is 12.2 Å². The van der Waals surface area contributed by atoms with E-state index in [4.69, 9.17) is 4.42 Å². The van der Waals surface area contributed by atoms with Gasteiger partial charge in [0.1, 0.15) is 11.1 Å². The zero-order valence-electron chi connectivity index (χ0n) is 13.2. The molecule has 3 rings (SSSR count). The molecule has 0 aliphatic carbocycles. The van der Waals surface area contributed by atoms with Crippen LogP contribution >= 0.6 is 0 Å². The number of aromatic nitrogens is 2. The van der Waals surface area contributed by atoms with E-state index in [1.165, 1.54) is 0 Å². The van der Waals surface area contributed by atoms with Crippen molar-refractivity contribution in [2.75, 3.05) is 0 Å². The molecule has 1 amide bonds. The fourth-order valence-corrected chi connectivity index (χ4v) is 2.51. The Morgan fingerprint density at radius 3 is 2.78 bits per heavy atom. The van der Waals surface area contributed by atoms with Crippen molar-refractivity contribution in [2.45, 2.75) is 19.9 Å². The van der Waals surface area contributed by atoms with Crippen molar-refractivity contribution < 1.29 is 9.21 Å². The van der Waals surface area contributed by atoms with Gasteiger partial charge in [-0.05, 0) is 26.0 Å². The quantitative estimate of drug-likeness (QED) is 0.753. The first-order chi connectivity index (χ1) is 11.0. The van der Waals surface area contributed by atoms with Gasteiger partial charge in [0, 0.05) is 23.7 Å². The van der Waals surface area contributed by atoms with Crippen LogP contribution in [0.4, 0.5) is 0 Å². The lowest BCUT2D eigenvalue weighted by molar-refractivity contribution is 0.0936. The highest BCUT2D eigenvalue weighted by Gasteiger charge is 2.18. The van der Waals surface area contributed by atoms with Crippen LogP contribution in [0.1, 0.15) is 34.6 Å². The molecule has 23 heavy (non-hydrogen) atoms. The summed E-state index contributed by atoms with van der Waals surface area (Å²) >= 11 is 0. The molecule has 6 heteroatoms. The van der Waals surface area contributed by atoms with Crippen molar-refractivity contribution >= 4 is 16.9 Å². The van der Waals surface area contributed by atoms with Crippen molar-refractivity contribution in [1.82, 2.24) is 15.1 Å². The lowest BCUT2D eigenvalue weighted by atomic mass is 10.1. The van der Waals surface area contributed by atoms with Gasteiger partial charge >= 0.3 is 5.63 Å². The highest BCUT2D eigenvalue weighted by molar-refractivity contribution is 5.96. The van der Waals surface area contributed by atoms with Crippen molar-refractivity contribution in [3.8, 4) is 0 Å². The molecule has 1 aromatic carbocycles. The number of carbonyl (C=O) groups excluding carboxylic acids is 1. The maximum Gasteiger partial charge on any atom is 0.349 e. The Morgan fingerprint density at radius 2 is 2.09 bits per heavy atom. The third-order valence-electron chi connectivity index (χ3n) is 3.97. The Morgan fingerprint density at radius 1 is 1.35 bits per heavy atom. The summed E-state index contributed by atoms with van der Waals surface area (Å²) in [6, 6.07) is 8.38. The highest BCUT2D eigenvalue weighted by atomic mass is 16.4. The Labute approximate surface area is 132 Å². The fraction of sp³-hybridized carbons (Fsp3) is 0.235. The predicted molar refractivity (Wildman–Crippen MR) is 86.3 cm³/mol. The minimum absolute atomic E-state index is 0.00269. The molecule has 2 heterocycles. The van der Waals surface area contributed by atoms with Crippen molar-refractivity contribution in [1.29, 1.82) is 0 Å². The van der Waals surface area contributed by atoms with E-state index in [9.17, 15) is 9.59 Å². The number of fused-ring (bicyclic) bond motifs is 1. The minimum Gasteiger partial charge on any atom is -0.422 e. The fourth-order valence-electron chi connectivity index (χ4n) is 2.51.